The molecule has 0 bridgehead atoms. The van der Waals surface area contributed by atoms with Gasteiger partial charge in [-0.25, -0.2) is 0 Å². The smallest absolute Gasteiger partial charge is 0.166 e. The van der Waals surface area contributed by atoms with Crippen LogP contribution >= 0.6 is 39.5 Å². The molecule has 1 unspecified atom stereocenters. The lowest BCUT2D eigenvalue weighted by atomic mass is 10.4. The third kappa shape index (κ3) is 4.78. The highest BCUT2D eigenvalue weighted by atomic mass is 79.9. The lowest BCUT2D eigenvalue weighted by molar-refractivity contribution is 0.179. The van der Waals surface area contributed by atoms with Gasteiger partial charge in [0.15, 0.2) is 5.11 Å². The molecule has 0 fully saturated rings. The number of hydrogen-bond donors (Lipinski definition) is 2. The summed E-state index contributed by atoms with van der Waals surface area (Å²) >= 11 is 10.4. The Hall–Kier alpha value is -0.170. The van der Waals surface area contributed by atoms with Gasteiger partial charge in [-0.3, -0.25) is 0 Å². The summed E-state index contributed by atoms with van der Waals surface area (Å²) in [5.41, 5.74) is 0. The van der Waals surface area contributed by atoms with Crippen molar-refractivity contribution in [3.05, 3.63) is 20.8 Å². The van der Waals surface area contributed by atoms with Gasteiger partial charge in [0, 0.05) is 22.5 Å². The van der Waals surface area contributed by atoms with Crippen molar-refractivity contribution in [1.29, 1.82) is 0 Å². The topological polar surface area (TPSA) is 33.3 Å². The van der Waals surface area contributed by atoms with Crippen molar-refractivity contribution in [3.63, 3.8) is 0 Å². The second-order valence-electron chi connectivity index (χ2n) is 3.38. The molecule has 3 nitrogen and oxygen atoms in total. The Bertz CT molecular complexity index is 343. The van der Waals surface area contributed by atoms with Crippen LogP contribution in [0.1, 0.15) is 11.8 Å². The minimum absolute atomic E-state index is 0.219. The first-order valence-corrected chi connectivity index (χ1v) is 6.96. The van der Waals surface area contributed by atoms with E-state index in [4.69, 9.17) is 17.0 Å². The van der Waals surface area contributed by atoms with Gasteiger partial charge < -0.3 is 15.4 Å². The molecule has 0 aliphatic heterocycles. The third-order valence-electron chi connectivity index (χ3n) is 1.89. The fourth-order valence-corrected chi connectivity index (χ4v) is 2.88. The zero-order valence-electron chi connectivity index (χ0n) is 9.25. The quantitative estimate of drug-likeness (QED) is 0.816. The van der Waals surface area contributed by atoms with Gasteiger partial charge in [-0.2, -0.15) is 0 Å². The maximum atomic E-state index is 5.17. The third-order valence-corrected chi connectivity index (χ3v) is 4.08. The van der Waals surface area contributed by atoms with Crippen LogP contribution in [0.4, 0.5) is 0 Å². The number of methoxy groups -OCH3 is 1. The zero-order chi connectivity index (χ0) is 12.0. The first kappa shape index (κ1) is 13.9. The van der Waals surface area contributed by atoms with Gasteiger partial charge in [0.1, 0.15) is 0 Å². The molecule has 0 saturated heterocycles. The Morgan fingerprint density at radius 2 is 2.44 bits per heavy atom. The summed E-state index contributed by atoms with van der Waals surface area (Å²) in [6.07, 6.45) is 0. The molecule has 6 heteroatoms. The molecular weight excluding hydrogens is 308 g/mol. The molecular formula is C10H15BrN2OS2. The van der Waals surface area contributed by atoms with Crippen LogP contribution in [0, 0.1) is 0 Å². The molecule has 0 spiro atoms. The van der Waals surface area contributed by atoms with Crippen molar-refractivity contribution >= 4 is 44.6 Å². The van der Waals surface area contributed by atoms with Gasteiger partial charge in [0.05, 0.1) is 13.2 Å². The molecule has 1 heterocycles. The fraction of sp³-hybridized carbons (Fsp3) is 0.500. The summed E-state index contributed by atoms with van der Waals surface area (Å²) in [5.74, 6) is 0. The summed E-state index contributed by atoms with van der Waals surface area (Å²) in [6, 6.07) is 2.25. The number of thiocarbonyl (C=S) groups is 1. The van der Waals surface area contributed by atoms with Crippen LogP contribution in [0.15, 0.2) is 15.9 Å². The molecule has 16 heavy (non-hydrogen) atoms. The Kier molecular flexibility index (Phi) is 6.26. The Labute approximate surface area is 114 Å². The van der Waals surface area contributed by atoms with Gasteiger partial charge in [-0.1, -0.05) is 0 Å². The predicted octanol–water partition coefficient (Wildman–Crippen LogP) is 2.51. The number of halogens is 1. The zero-order valence-corrected chi connectivity index (χ0v) is 12.5. The summed E-state index contributed by atoms with van der Waals surface area (Å²) in [4.78, 5) is 1.24. The van der Waals surface area contributed by atoms with E-state index in [1.54, 1.807) is 18.4 Å². The normalized spacial score (nSPS) is 12.2. The van der Waals surface area contributed by atoms with Gasteiger partial charge in [0.2, 0.25) is 0 Å². The highest BCUT2D eigenvalue weighted by Crippen LogP contribution is 2.21. The van der Waals surface area contributed by atoms with Crippen LogP contribution < -0.4 is 10.6 Å². The van der Waals surface area contributed by atoms with Crippen LogP contribution in [0.25, 0.3) is 0 Å². The average Bonchev–Trinajstić information content (AvgIpc) is 2.61. The Balaban J connectivity index is 2.28. The monoisotopic (exact) mass is 322 g/mol. The van der Waals surface area contributed by atoms with E-state index in [0.717, 1.165) is 11.0 Å². The van der Waals surface area contributed by atoms with Crippen LogP contribution in [0.3, 0.4) is 0 Å². The Morgan fingerprint density at radius 1 is 1.69 bits per heavy atom. The first-order valence-electron chi connectivity index (χ1n) is 4.88. The maximum Gasteiger partial charge on any atom is 0.166 e. The molecule has 1 aromatic heterocycles. The van der Waals surface area contributed by atoms with Gasteiger partial charge in [-0.15, -0.1) is 11.3 Å². The molecule has 0 amide bonds. The maximum absolute atomic E-state index is 5.17. The number of hydrogen-bond acceptors (Lipinski definition) is 3. The van der Waals surface area contributed by atoms with Crippen LogP contribution in [0.5, 0.6) is 0 Å². The highest BCUT2D eigenvalue weighted by molar-refractivity contribution is 9.10. The average molecular weight is 323 g/mol. The van der Waals surface area contributed by atoms with E-state index in [-0.39, 0.29) is 6.04 Å². The minimum atomic E-state index is 0.219. The molecule has 1 aromatic rings. The molecule has 1 atom stereocenters. The second kappa shape index (κ2) is 7.21. The van der Waals surface area contributed by atoms with E-state index >= 15 is 0 Å². The SMILES string of the molecule is COCC(C)NC(=S)NCc1sccc1Br. The van der Waals surface area contributed by atoms with Crippen LogP contribution in [-0.4, -0.2) is 24.9 Å². The van der Waals surface area contributed by atoms with E-state index in [1.807, 2.05) is 18.4 Å². The molecule has 0 saturated carbocycles. The van der Waals surface area contributed by atoms with Gasteiger partial charge in [-0.05, 0) is 46.5 Å². The second-order valence-corrected chi connectivity index (χ2v) is 5.64. The van der Waals surface area contributed by atoms with Crippen molar-refractivity contribution in [3.8, 4) is 0 Å². The van der Waals surface area contributed by atoms with Gasteiger partial charge in [0.25, 0.3) is 0 Å². The van der Waals surface area contributed by atoms with E-state index < -0.39 is 0 Å². The van der Waals surface area contributed by atoms with E-state index in [9.17, 15) is 0 Å². The molecule has 0 radical (unpaired) electrons. The molecule has 2 N–H and O–H groups in total. The highest BCUT2D eigenvalue weighted by Gasteiger charge is 2.05. The largest absolute Gasteiger partial charge is 0.383 e. The van der Waals surface area contributed by atoms with Crippen molar-refractivity contribution in [2.45, 2.75) is 19.5 Å². The summed E-state index contributed by atoms with van der Waals surface area (Å²) in [7, 11) is 1.68. The number of rotatable bonds is 5. The molecule has 0 aliphatic carbocycles. The van der Waals surface area contributed by atoms with E-state index in [1.165, 1.54) is 4.88 Å². The lowest BCUT2D eigenvalue weighted by Crippen LogP contribution is -2.42. The number of nitrogens with one attached hydrogen (secondary N) is 2. The van der Waals surface area contributed by atoms with Crippen molar-refractivity contribution in [2.75, 3.05) is 13.7 Å². The summed E-state index contributed by atoms with van der Waals surface area (Å²) in [6.45, 7) is 3.41. The predicted molar refractivity (Wildman–Crippen MR) is 75.9 cm³/mol. The summed E-state index contributed by atoms with van der Waals surface area (Å²) in [5, 5.41) is 9.01. The van der Waals surface area contributed by atoms with E-state index in [2.05, 4.69) is 26.6 Å². The lowest BCUT2D eigenvalue weighted by Gasteiger charge is -2.15. The van der Waals surface area contributed by atoms with E-state index in [0.29, 0.717) is 11.7 Å². The van der Waals surface area contributed by atoms with Crippen LogP contribution in [0.2, 0.25) is 0 Å². The van der Waals surface area contributed by atoms with Crippen molar-refractivity contribution < 1.29 is 4.74 Å². The standard InChI is InChI=1S/C10H15BrN2OS2/c1-7(6-14-2)13-10(15)12-5-9-8(11)3-4-16-9/h3-4,7H,5-6H2,1-2H3,(H2,12,13,15). The van der Waals surface area contributed by atoms with Gasteiger partial charge >= 0.3 is 0 Å². The molecule has 0 aromatic carbocycles. The fourth-order valence-electron chi connectivity index (χ4n) is 1.18. The Morgan fingerprint density at radius 3 is 3.00 bits per heavy atom. The van der Waals surface area contributed by atoms with Crippen molar-refractivity contribution in [2.24, 2.45) is 0 Å². The number of thiophene rings is 1. The van der Waals surface area contributed by atoms with Crippen LogP contribution in [-0.2, 0) is 11.3 Å². The molecule has 90 valence electrons. The summed E-state index contributed by atoms with van der Waals surface area (Å²) < 4.78 is 6.14. The van der Waals surface area contributed by atoms with Crippen molar-refractivity contribution in [1.82, 2.24) is 10.6 Å². The molecule has 0 aliphatic rings. The minimum Gasteiger partial charge on any atom is -0.383 e. The number of ether oxygens (including phenoxy) is 1. The first-order chi connectivity index (χ1) is 7.63. The molecule has 1 rings (SSSR count).